The summed E-state index contributed by atoms with van der Waals surface area (Å²) in [6.07, 6.45) is 1.56. The molecule has 1 atom stereocenters. The predicted molar refractivity (Wildman–Crippen MR) is 99.0 cm³/mol. The lowest BCUT2D eigenvalue weighted by Gasteiger charge is -2.22. The third-order valence-electron chi connectivity index (χ3n) is 3.97. The Bertz CT molecular complexity index is 980. The van der Waals surface area contributed by atoms with E-state index < -0.39 is 22.4 Å². The van der Waals surface area contributed by atoms with Crippen LogP contribution in [0.2, 0.25) is 0 Å². The Balaban J connectivity index is 2.17. The summed E-state index contributed by atoms with van der Waals surface area (Å²) in [6.45, 7) is 5.72. The van der Waals surface area contributed by atoms with Gasteiger partial charge in [0.2, 0.25) is 23.1 Å². The molecule has 0 amide bonds. The molecule has 0 fully saturated rings. The smallest absolute Gasteiger partial charge is 0.233 e. The average molecular weight is 385 g/mol. The number of carbonyl (C=O) groups is 2. The molecule has 140 valence electrons. The zero-order valence-electron chi connectivity index (χ0n) is 15.3. The molecule has 1 aliphatic rings. The number of hydrogen-bond donors (Lipinski definition) is 0. The fourth-order valence-electron chi connectivity index (χ4n) is 2.82. The summed E-state index contributed by atoms with van der Waals surface area (Å²) in [7, 11) is -1.72. The zero-order chi connectivity index (χ0) is 19.6. The lowest BCUT2D eigenvalue weighted by atomic mass is 9.92. The molecule has 3 rings (SSSR count). The summed E-state index contributed by atoms with van der Waals surface area (Å²) in [6, 6.07) is 8.18. The van der Waals surface area contributed by atoms with Crippen molar-refractivity contribution in [3.63, 3.8) is 0 Å². The van der Waals surface area contributed by atoms with E-state index in [9.17, 15) is 13.8 Å². The molecule has 0 spiro atoms. The summed E-state index contributed by atoms with van der Waals surface area (Å²) < 4.78 is 23.9. The standard InChI is InChI=1S/C20H19NO5S/c1-4-25-19-17(22)13-7-6-8-14(16(13)18(23)20(19)26-5-2)27(24)15-11-12(3)9-10-21-15/h6-11H,4-5H2,1-3H3. The van der Waals surface area contributed by atoms with Crippen LogP contribution < -0.4 is 0 Å². The summed E-state index contributed by atoms with van der Waals surface area (Å²) in [5, 5.41) is 0.321. The molecule has 0 aliphatic heterocycles. The average Bonchev–Trinajstić information content (AvgIpc) is 2.67. The fourth-order valence-corrected chi connectivity index (χ4v) is 4.09. The van der Waals surface area contributed by atoms with Gasteiger partial charge in [-0.1, -0.05) is 12.1 Å². The maximum absolute atomic E-state index is 13.1. The van der Waals surface area contributed by atoms with E-state index >= 15 is 0 Å². The van der Waals surface area contributed by atoms with Crippen molar-refractivity contribution in [1.82, 2.24) is 4.98 Å². The van der Waals surface area contributed by atoms with Crippen LogP contribution in [0.1, 0.15) is 40.1 Å². The minimum atomic E-state index is -1.72. The van der Waals surface area contributed by atoms with E-state index in [0.717, 1.165) is 5.56 Å². The van der Waals surface area contributed by atoms with E-state index in [2.05, 4.69) is 4.98 Å². The maximum atomic E-state index is 13.1. The number of nitrogens with zero attached hydrogens (tertiary/aromatic N) is 1. The number of rotatable bonds is 6. The lowest BCUT2D eigenvalue weighted by molar-refractivity contribution is 0.0769. The van der Waals surface area contributed by atoms with Crippen molar-refractivity contribution in [3.05, 3.63) is 64.7 Å². The number of allylic oxidation sites excluding steroid dienone is 2. The Morgan fingerprint density at radius 2 is 1.67 bits per heavy atom. The highest BCUT2D eigenvalue weighted by atomic mass is 32.2. The van der Waals surface area contributed by atoms with Gasteiger partial charge in [0, 0.05) is 11.8 Å². The molecule has 0 saturated carbocycles. The van der Waals surface area contributed by atoms with Crippen LogP contribution in [0.15, 0.2) is 58.0 Å². The zero-order valence-corrected chi connectivity index (χ0v) is 16.1. The Hall–Kier alpha value is -2.80. The van der Waals surface area contributed by atoms with Crippen LogP contribution in [-0.4, -0.2) is 34.0 Å². The fraction of sp³-hybridized carbons (Fsp3) is 0.250. The minimum Gasteiger partial charge on any atom is -0.486 e. The number of aromatic nitrogens is 1. The van der Waals surface area contributed by atoms with E-state index in [-0.39, 0.29) is 40.8 Å². The molecule has 27 heavy (non-hydrogen) atoms. The topological polar surface area (TPSA) is 82.6 Å². The van der Waals surface area contributed by atoms with Gasteiger partial charge in [0.25, 0.3) is 0 Å². The van der Waals surface area contributed by atoms with Gasteiger partial charge in [-0.15, -0.1) is 0 Å². The summed E-state index contributed by atoms with van der Waals surface area (Å²) >= 11 is 0. The number of benzene rings is 1. The quantitative estimate of drug-likeness (QED) is 0.759. The van der Waals surface area contributed by atoms with Gasteiger partial charge in [-0.2, -0.15) is 0 Å². The number of fused-ring (bicyclic) bond motifs is 1. The van der Waals surface area contributed by atoms with Gasteiger partial charge in [0.15, 0.2) is 0 Å². The second kappa shape index (κ2) is 7.84. The summed E-state index contributed by atoms with van der Waals surface area (Å²) in [5.41, 5.74) is 1.13. The third-order valence-corrected chi connectivity index (χ3v) is 5.32. The molecule has 1 heterocycles. The molecule has 1 unspecified atom stereocenters. The number of carbonyl (C=O) groups excluding carboxylic acids is 2. The van der Waals surface area contributed by atoms with Gasteiger partial charge < -0.3 is 9.47 Å². The van der Waals surface area contributed by atoms with Crippen molar-refractivity contribution in [2.24, 2.45) is 0 Å². The van der Waals surface area contributed by atoms with Crippen molar-refractivity contribution in [2.75, 3.05) is 13.2 Å². The highest BCUT2D eigenvalue weighted by molar-refractivity contribution is 7.85. The molecule has 6 nitrogen and oxygen atoms in total. The second-order valence-electron chi connectivity index (χ2n) is 5.80. The Labute approximate surface area is 159 Å². The van der Waals surface area contributed by atoms with E-state index in [0.29, 0.717) is 5.03 Å². The SMILES string of the molecule is CCOC1=C(OCC)C(=O)c2c(cccc2S(=O)c2cc(C)ccn2)C1=O. The number of ketones is 2. The van der Waals surface area contributed by atoms with Crippen molar-refractivity contribution >= 4 is 22.4 Å². The Kier molecular flexibility index (Phi) is 5.51. The molecule has 0 N–H and O–H groups in total. The van der Waals surface area contributed by atoms with Gasteiger partial charge in [0.1, 0.15) is 15.8 Å². The van der Waals surface area contributed by atoms with E-state index in [4.69, 9.17) is 9.47 Å². The van der Waals surface area contributed by atoms with Crippen LogP contribution >= 0.6 is 0 Å². The first kappa shape index (κ1) is 19.0. The van der Waals surface area contributed by atoms with Gasteiger partial charge in [-0.3, -0.25) is 9.59 Å². The van der Waals surface area contributed by atoms with Crippen LogP contribution in [0.5, 0.6) is 0 Å². The van der Waals surface area contributed by atoms with E-state index in [1.807, 2.05) is 6.92 Å². The Morgan fingerprint density at radius 3 is 2.30 bits per heavy atom. The van der Waals surface area contributed by atoms with Crippen LogP contribution in [-0.2, 0) is 20.3 Å². The molecule has 7 heteroatoms. The summed E-state index contributed by atoms with van der Waals surface area (Å²) in [4.78, 5) is 30.3. The van der Waals surface area contributed by atoms with Crippen LogP contribution in [0.25, 0.3) is 0 Å². The molecule has 1 aromatic carbocycles. The first-order chi connectivity index (χ1) is 13.0. The molecule has 0 saturated heterocycles. The molecular formula is C20H19NO5S. The molecule has 2 aromatic rings. The minimum absolute atomic E-state index is 0.0797. The van der Waals surface area contributed by atoms with Crippen molar-refractivity contribution in [2.45, 2.75) is 30.7 Å². The van der Waals surface area contributed by atoms with Crippen LogP contribution in [0.3, 0.4) is 0 Å². The number of Topliss-reactive ketones (excluding diaryl/α,β-unsaturated/α-hetero) is 2. The monoisotopic (exact) mass is 385 g/mol. The van der Waals surface area contributed by atoms with Gasteiger partial charge in [-0.05, 0) is 44.5 Å². The largest absolute Gasteiger partial charge is 0.486 e. The van der Waals surface area contributed by atoms with Crippen molar-refractivity contribution in [1.29, 1.82) is 0 Å². The van der Waals surface area contributed by atoms with Gasteiger partial charge in [0.05, 0.1) is 23.7 Å². The molecule has 0 bridgehead atoms. The molecule has 1 aliphatic carbocycles. The van der Waals surface area contributed by atoms with Crippen LogP contribution in [0.4, 0.5) is 0 Å². The van der Waals surface area contributed by atoms with E-state index in [1.54, 1.807) is 44.3 Å². The van der Waals surface area contributed by atoms with E-state index in [1.165, 1.54) is 6.07 Å². The van der Waals surface area contributed by atoms with Crippen molar-refractivity contribution < 1.29 is 23.3 Å². The number of hydrogen-bond acceptors (Lipinski definition) is 6. The van der Waals surface area contributed by atoms with Gasteiger partial charge in [-0.25, -0.2) is 9.19 Å². The number of aryl methyl sites for hydroxylation is 1. The third kappa shape index (κ3) is 3.42. The highest BCUT2D eigenvalue weighted by Gasteiger charge is 2.38. The predicted octanol–water partition coefficient (Wildman–Crippen LogP) is 3.22. The molecular weight excluding hydrogens is 366 g/mol. The molecule has 1 aromatic heterocycles. The normalized spacial score (nSPS) is 14.8. The van der Waals surface area contributed by atoms with Gasteiger partial charge >= 0.3 is 0 Å². The maximum Gasteiger partial charge on any atom is 0.233 e. The highest BCUT2D eigenvalue weighted by Crippen LogP contribution is 2.32. The first-order valence-corrected chi connectivity index (χ1v) is 9.71. The second-order valence-corrected chi connectivity index (χ2v) is 7.20. The van der Waals surface area contributed by atoms with Crippen molar-refractivity contribution in [3.8, 4) is 0 Å². The molecule has 0 radical (unpaired) electrons. The Morgan fingerprint density at radius 1 is 1.00 bits per heavy atom. The summed E-state index contributed by atoms with van der Waals surface area (Å²) in [5.74, 6) is -1.20. The van der Waals surface area contributed by atoms with Crippen LogP contribution in [0, 0.1) is 6.92 Å². The number of pyridine rings is 1. The lowest BCUT2D eigenvalue weighted by Crippen LogP contribution is -2.26. The number of ether oxygens (including phenoxy) is 2. The first-order valence-electron chi connectivity index (χ1n) is 8.56.